The Labute approximate surface area is 75.3 Å². The Morgan fingerprint density at radius 1 is 1.38 bits per heavy atom. The van der Waals surface area contributed by atoms with Gasteiger partial charge in [0, 0.05) is 6.54 Å². The number of alkyl halides is 1. The molecular formula is C9H10FNO2. The highest BCUT2D eigenvalue weighted by molar-refractivity contribution is 5.45. The number of hydrogen-bond donors (Lipinski definition) is 1. The molecule has 1 aromatic carbocycles. The molecule has 1 atom stereocenters. The van der Waals surface area contributed by atoms with E-state index in [1.54, 1.807) is 18.2 Å². The number of halogens is 1. The number of benzene rings is 1. The molecule has 0 saturated heterocycles. The van der Waals surface area contributed by atoms with Crippen LogP contribution in [-0.2, 0) is 0 Å². The second kappa shape index (κ2) is 3.22. The monoisotopic (exact) mass is 183 g/mol. The minimum Gasteiger partial charge on any atom is -0.454 e. The lowest BCUT2D eigenvalue weighted by Crippen LogP contribution is -2.07. The van der Waals surface area contributed by atoms with Gasteiger partial charge in [0.15, 0.2) is 11.5 Å². The fourth-order valence-electron chi connectivity index (χ4n) is 1.24. The molecule has 2 N–H and O–H groups in total. The molecule has 0 spiro atoms. The van der Waals surface area contributed by atoms with Crippen molar-refractivity contribution in [1.82, 2.24) is 0 Å². The summed E-state index contributed by atoms with van der Waals surface area (Å²) in [6.07, 6.45) is -1.13. The normalized spacial score (nSPS) is 15.8. The van der Waals surface area contributed by atoms with E-state index in [0.717, 1.165) is 0 Å². The molecule has 0 amide bonds. The summed E-state index contributed by atoms with van der Waals surface area (Å²) in [5.74, 6) is 1.25. The van der Waals surface area contributed by atoms with Crippen molar-refractivity contribution in [2.45, 2.75) is 6.17 Å². The molecular weight excluding hydrogens is 173 g/mol. The van der Waals surface area contributed by atoms with Crippen LogP contribution in [0.3, 0.4) is 0 Å². The van der Waals surface area contributed by atoms with E-state index in [1.807, 2.05) is 0 Å². The first kappa shape index (κ1) is 8.31. The van der Waals surface area contributed by atoms with Crippen molar-refractivity contribution < 1.29 is 13.9 Å². The van der Waals surface area contributed by atoms with Gasteiger partial charge in [-0.25, -0.2) is 4.39 Å². The highest BCUT2D eigenvalue weighted by atomic mass is 19.1. The van der Waals surface area contributed by atoms with Gasteiger partial charge in [0.05, 0.1) is 0 Å². The molecule has 1 aliphatic rings. The van der Waals surface area contributed by atoms with Crippen molar-refractivity contribution in [3.05, 3.63) is 23.8 Å². The molecule has 0 bridgehead atoms. The van der Waals surface area contributed by atoms with Crippen molar-refractivity contribution >= 4 is 0 Å². The second-order valence-electron chi connectivity index (χ2n) is 2.82. The van der Waals surface area contributed by atoms with Gasteiger partial charge in [-0.05, 0) is 17.7 Å². The molecule has 13 heavy (non-hydrogen) atoms. The van der Waals surface area contributed by atoms with Crippen LogP contribution >= 0.6 is 0 Å². The lowest BCUT2D eigenvalue weighted by molar-refractivity contribution is 0.174. The molecule has 0 aromatic heterocycles. The van der Waals surface area contributed by atoms with E-state index in [0.29, 0.717) is 17.1 Å². The quantitative estimate of drug-likeness (QED) is 0.753. The maximum Gasteiger partial charge on any atom is 0.231 e. The highest BCUT2D eigenvalue weighted by Crippen LogP contribution is 2.34. The van der Waals surface area contributed by atoms with E-state index in [4.69, 9.17) is 15.2 Å². The van der Waals surface area contributed by atoms with Gasteiger partial charge in [0.2, 0.25) is 6.79 Å². The van der Waals surface area contributed by atoms with E-state index in [9.17, 15) is 4.39 Å². The van der Waals surface area contributed by atoms with Gasteiger partial charge in [-0.15, -0.1) is 0 Å². The Hall–Kier alpha value is -1.29. The average molecular weight is 183 g/mol. The average Bonchev–Trinajstić information content (AvgIpc) is 2.63. The zero-order valence-electron chi connectivity index (χ0n) is 7.00. The van der Waals surface area contributed by atoms with Gasteiger partial charge >= 0.3 is 0 Å². The van der Waals surface area contributed by atoms with Gasteiger partial charge in [-0.1, -0.05) is 6.07 Å². The molecule has 0 saturated carbocycles. The maximum atomic E-state index is 13.1. The third-order valence-electron chi connectivity index (χ3n) is 1.97. The van der Waals surface area contributed by atoms with Crippen LogP contribution in [0.15, 0.2) is 18.2 Å². The summed E-state index contributed by atoms with van der Waals surface area (Å²) < 4.78 is 23.3. The molecule has 0 fully saturated rings. The van der Waals surface area contributed by atoms with Crippen molar-refractivity contribution in [2.75, 3.05) is 13.3 Å². The van der Waals surface area contributed by atoms with Gasteiger partial charge in [-0.3, -0.25) is 0 Å². The first-order chi connectivity index (χ1) is 6.31. The summed E-state index contributed by atoms with van der Waals surface area (Å²) in [5.41, 5.74) is 5.74. The minimum absolute atomic E-state index is 0.0142. The summed E-state index contributed by atoms with van der Waals surface area (Å²) in [7, 11) is 0. The Morgan fingerprint density at radius 3 is 2.92 bits per heavy atom. The molecule has 1 unspecified atom stereocenters. The molecule has 70 valence electrons. The van der Waals surface area contributed by atoms with Crippen LogP contribution in [0.5, 0.6) is 11.5 Å². The number of rotatable bonds is 2. The van der Waals surface area contributed by atoms with Crippen LogP contribution in [0.4, 0.5) is 4.39 Å². The first-order valence-corrected chi connectivity index (χ1v) is 4.05. The fraction of sp³-hybridized carbons (Fsp3) is 0.333. The Bertz CT molecular complexity index is 316. The van der Waals surface area contributed by atoms with Crippen molar-refractivity contribution in [3.8, 4) is 11.5 Å². The third kappa shape index (κ3) is 1.45. The number of fused-ring (bicyclic) bond motifs is 1. The second-order valence-corrected chi connectivity index (χ2v) is 2.82. The molecule has 3 nitrogen and oxygen atoms in total. The van der Waals surface area contributed by atoms with Gasteiger partial charge in [0.1, 0.15) is 6.17 Å². The van der Waals surface area contributed by atoms with E-state index in [1.165, 1.54) is 0 Å². The number of nitrogens with two attached hydrogens (primary N) is 1. The van der Waals surface area contributed by atoms with Gasteiger partial charge < -0.3 is 15.2 Å². The predicted molar refractivity (Wildman–Crippen MR) is 45.5 cm³/mol. The topological polar surface area (TPSA) is 44.5 Å². The molecule has 1 aliphatic heterocycles. The number of ether oxygens (including phenoxy) is 2. The summed E-state index contributed by atoms with van der Waals surface area (Å²) in [6, 6.07) is 4.98. The fourth-order valence-corrected chi connectivity index (χ4v) is 1.24. The predicted octanol–water partition coefficient (Wildman–Crippen LogP) is 1.38. The minimum atomic E-state index is -1.13. The zero-order valence-corrected chi connectivity index (χ0v) is 7.00. The van der Waals surface area contributed by atoms with Gasteiger partial charge in [-0.2, -0.15) is 0 Å². The maximum absolute atomic E-state index is 13.1. The van der Waals surface area contributed by atoms with Crippen LogP contribution in [0, 0.1) is 0 Å². The Morgan fingerprint density at radius 2 is 2.15 bits per heavy atom. The highest BCUT2D eigenvalue weighted by Gasteiger charge is 2.16. The van der Waals surface area contributed by atoms with E-state index >= 15 is 0 Å². The van der Waals surface area contributed by atoms with Crippen LogP contribution in [0.25, 0.3) is 0 Å². The summed E-state index contributed by atoms with van der Waals surface area (Å²) in [6.45, 7) is 0.192. The largest absolute Gasteiger partial charge is 0.454 e. The molecule has 4 heteroatoms. The van der Waals surface area contributed by atoms with Crippen LogP contribution < -0.4 is 15.2 Å². The SMILES string of the molecule is NCC(F)c1ccc2c(c1)OCO2. The van der Waals surface area contributed by atoms with E-state index < -0.39 is 6.17 Å². The summed E-state index contributed by atoms with van der Waals surface area (Å²) >= 11 is 0. The Balaban J connectivity index is 2.30. The van der Waals surface area contributed by atoms with Crippen LogP contribution in [0.2, 0.25) is 0 Å². The molecule has 0 radical (unpaired) electrons. The lowest BCUT2D eigenvalue weighted by atomic mass is 10.1. The van der Waals surface area contributed by atoms with Crippen molar-refractivity contribution in [2.24, 2.45) is 5.73 Å². The standard InChI is InChI=1S/C9H10FNO2/c10-7(4-11)6-1-2-8-9(3-6)13-5-12-8/h1-3,7H,4-5,11H2. The van der Waals surface area contributed by atoms with E-state index in [2.05, 4.69) is 0 Å². The van der Waals surface area contributed by atoms with Gasteiger partial charge in [0.25, 0.3) is 0 Å². The smallest absolute Gasteiger partial charge is 0.231 e. The molecule has 0 aliphatic carbocycles. The summed E-state index contributed by atoms with van der Waals surface area (Å²) in [4.78, 5) is 0. The summed E-state index contributed by atoms with van der Waals surface area (Å²) in [5, 5.41) is 0. The Kier molecular flexibility index (Phi) is 2.06. The molecule has 1 heterocycles. The number of hydrogen-bond acceptors (Lipinski definition) is 3. The van der Waals surface area contributed by atoms with E-state index in [-0.39, 0.29) is 13.3 Å². The lowest BCUT2D eigenvalue weighted by Gasteiger charge is -2.05. The molecule has 2 rings (SSSR count). The van der Waals surface area contributed by atoms with Crippen LogP contribution in [0.1, 0.15) is 11.7 Å². The first-order valence-electron chi connectivity index (χ1n) is 4.05. The van der Waals surface area contributed by atoms with Crippen molar-refractivity contribution in [1.29, 1.82) is 0 Å². The van der Waals surface area contributed by atoms with Crippen molar-refractivity contribution in [3.63, 3.8) is 0 Å². The van der Waals surface area contributed by atoms with Crippen LogP contribution in [-0.4, -0.2) is 13.3 Å². The molecule has 1 aromatic rings. The third-order valence-corrected chi connectivity index (χ3v) is 1.97. The zero-order chi connectivity index (χ0) is 9.26.